The second-order valence-electron chi connectivity index (χ2n) is 3.52. The van der Waals surface area contributed by atoms with Gasteiger partial charge in [0.25, 0.3) is 0 Å². The molecule has 0 amide bonds. The molecule has 1 aromatic heterocycles. The number of hydrogen-bond donors (Lipinski definition) is 1. The molecule has 0 aliphatic carbocycles. The Bertz CT molecular complexity index is 273. The van der Waals surface area contributed by atoms with Gasteiger partial charge >= 0.3 is 0 Å². The fourth-order valence-corrected chi connectivity index (χ4v) is 1.52. The zero-order chi connectivity index (χ0) is 10.4. The van der Waals surface area contributed by atoms with Crippen LogP contribution in [-0.4, -0.2) is 22.6 Å². The van der Waals surface area contributed by atoms with E-state index in [1.54, 1.807) is 6.33 Å². The lowest BCUT2D eigenvalue weighted by atomic mass is 10.1. The van der Waals surface area contributed by atoms with Crippen LogP contribution in [-0.2, 0) is 6.42 Å². The highest BCUT2D eigenvalue weighted by molar-refractivity contribution is 5.07. The van der Waals surface area contributed by atoms with Gasteiger partial charge in [-0.1, -0.05) is 13.8 Å². The van der Waals surface area contributed by atoms with Gasteiger partial charge in [-0.25, -0.2) is 9.97 Å². The van der Waals surface area contributed by atoms with Crippen LogP contribution in [0.3, 0.4) is 0 Å². The van der Waals surface area contributed by atoms with Crippen molar-refractivity contribution in [3.63, 3.8) is 0 Å². The summed E-state index contributed by atoms with van der Waals surface area (Å²) in [6, 6.07) is 2.59. The molecule has 0 saturated heterocycles. The predicted molar refractivity (Wildman–Crippen MR) is 58.2 cm³/mol. The topological polar surface area (TPSA) is 37.8 Å². The van der Waals surface area contributed by atoms with Crippen molar-refractivity contribution in [2.24, 2.45) is 0 Å². The summed E-state index contributed by atoms with van der Waals surface area (Å²) in [5.41, 5.74) is 2.17. The molecular weight excluding hydrogens is 174 g/mol. The molecule has 1 atom stereocenters. The van der Waals surface area contributed by atoms with Gasteiger partial charge in [0.15, 0.2) is 0 Å². The van der Waals surface area contributed by atoms with Gasteiger partial charge in [-0.15, -0.1) is 0 Å². The summed E-state index contributed by atoms with van der Waals surface area (Å²) in [5, 5.41) is 3.44. The third-order valence-corrected chi connectivity index (χ3v) is 2.30. The Morgan fingerprint density at radius 3 is 2.71 bits per heavy atom. The van der Waals surface area contributed by atoms with Crippen molar-refractivity contribution in [3.8, 4) is 0 Å². The Hall–Kier alpha value is -0.960. The molecule has 0 aliphatic rings. The maximum absolute atomic E-state index is 4.26. The van der Waals surface area contributed by atoms with Gasteiger partial charge in [0.2, 0.25) is 0 Å². The fourth-order valence-electron chi connectivity index (χ4n) is 1.52. The highest BCUT2D eigenvalue weighted by Gasteiger charge is 2.06. The number of nitrogens with one attached hydrogen (secondary N) is 1. The van der Waals surface area contributed by atoms with E-state index in [4.69, 9.17) is 0 Å². The molecule has 0 aliphatic heterocycles. The van der Waals surface area contributed by atoms with Gasteiger partial charge in [-0.3, -0.25) is 0 Å². The Labute approximate surface area is 86.0 Å². The van der Waals surface area contributed by atoms with E-state index < -0.39 is 0 Å². The average molecular weight is 193 g/mol. The molecule has 0 saturated carbocycles. The Balaban J connectivity index is 2.57. The molecule has 1 aromatic rings. The van der Waals surface area contributed by atoms with Gasteiger partial charge in [0.05, 0.1) is 0 Å². The van der Waals surface area contributed by atoms with Crippen molar-refractivity contribution in [1.29, 1.82) is 0 Å². The van der Waals surface area contributed by atoms with E-state index in [-0.39, 0.29) is 0 Å². The first-order valence-electron chi connectivity index (χ1n) is 5.27. The molecule has 0 bridgehead atoms. The third kappa shape index (κ3) is 3.42. The summed E-state index contributed by atoms with van der Waals surface area (Å²) in [4.78, 5) is 8.35. The SMILES string of the molecule is CCNC(CC)Cc1cc(C)ncn1. The maximum atomic E-state index is 4.26. The second-order valence-corrected chi connectivity index (χ2v) is 3.52. The van der Waals surface area contributed by atoms with Crippen LogP contribution < -0.4 is 5.32 Å². The van der Waals surface area contributed by atoms with Gasteiger partial charge < -0.3 is 5.32 Å². The van der Waals surface area contributed by atoms with Gasteiger partial charge in [-0.2, -0.15) is 0 Å². The van der Waals surface area contributed by atoms with Crippen molar-refractivity contribution in [1.82, 2.24) is 15.3 Å². The number of likely N-dealkylation sites (N-methyl/N-ethyl adjacent to an activating group) is 1. The van der Waals surface area contributed by atoms with Crippen LogP contribution in [0.2, 0.25) is 0 Å². The van der Waals surface area contributed by atoms with E-state index in [0.29, 0.717) is 6.04 Å². The first-order chi connectivity index (χ1) is 6.76. The standard InChI is InChI=1S/C11H19N3/c1-4-10(12-5-2)7-11-6-9(3)13-8-14-11/h6,8,10,12H,4-5,7H2,1-3H3. The van der Waals surface area contributed by atoms with Gasteiger partial charge in [-0.05, 0) is 26.0 Å². The average Bonchev–Trinajstić information content (AvgIpc) is 2.17. The molecule has 14 heavy (non-hydrogen) atoms. The van der Waals surface area contributed by atoms with E-state index in [1.807, 2.05) is 6.92 Å². The number of aromatic nitrogens is 2. The van der Waals surface area contributed by atoms with Crippen molar-refractivity contribution in [3.05, 3.63) is 23.8 Å². The summed E-state index contributed by atoms with van der Waals surface area (Å²) in [6.45, 7) is 7.34. The lowest BCUT2D eigenvalue weighted by Crippen LogP contribution is -2.30. The predicted octanol–water partition coefficient (Wildman–Crippen LogP) is 1.72. The number of hydrogen-bond acceptors (Lipinski definition) is 3. The lowest BCUT2D eigenvalue weighted by molar-refractivity contribution is 0.505. The normalized spacial score (nSPS) is 12.8. The molecule has 1 heterocycles. The minimum absolute atomic E-state index is 0.536. The number of rotatable bonds is 5. The second kappa shape index (κ2) is 5.70. The largest absolute Gasteiger partial charge is 0.314 e. The smallest absolute Gasteiger partial charge is 0.115 e. The highest BCUT2D eigenvalue weighted by atomic mass is 14.9. The minimum Gasteiger partial charge on any atom is -0.314 e. The minimum atomic E-state index is 0.536. The first-order valence-corrected chi connectivity index (χ1v) is 5.27. The van der Waals surface area contributed by atoms with E-state index in [1.165, 1.54) is 0 Å². The summed E-state index contributed by atoms with van der Waals surface area (Å²) < 4.78 is 0. The maximum Gasteiger partial charge on any atom is 0.115 e. The van der Waals surface area contributed by atoms with Crippen molar-refractivity contribution in [2.45, 2.75) is 39.7 Å². The van der Waals surface area contributed by atoms with Crippen LogP contribution in [0.4, 0.5) is 0 Å². The van der Waals surface area contributed by atoms with Crippen LogP contribution in [0.5, 0.6) is 0 Å². The Morgan fingerprint density at radius 2 is 2.14 bits per heavy atom. The molecule has 0 fully saturated rings. The fraction of sp³-hybridized carbons (Fsp3) is 0.636. The molecule has 3 heteroatoms. The number of nitrogens with zero attached hydrogens (tertiary/aromatic N) is 2. The van der Waals surface area contributed by atoms with E-state index in [9.17, 15) is 0 Å². The molecule has 1 unspecified atom stereocenters. The molecule has 1 N–H and O–H groups in total. The third-order valence-electron chi connectivity index (χ3n) is 2.30. The van der Waals surface area contributed by atoms with E-state index >= 15 is 0 Å². The quantitative estimate of drug-likeness (QED) is 0.773. The molecule has 1 rings (SSSR count). The molecule has 3 nitrogen and oxygen atoms in total. The van der Waals surface area contributed by atoms with Gasteiger partial charge in [0, 0.05) is 23.9 Å². The summed E-state index contributed by atoms with van der Waals surface area (Å²) in [7, 11) is 0. The van der Waals surface area contributed by atoms with E-state index in [0.717, 1.165) is 30.8 Å². The molecular formula is C11H19N3. The van der Waals surface area contributed by atoms with Crippen LogP contribution in [0, 0.1) is 6.92 Å². The lowest BCUT2D eigenvalue weighted by Gasteiger charge is -2.14. The van der Waals surface area contributed by atoms with Crippen LogP contribution >= 0.6 is 0 Å². The molecule has 0 aromatic carbocycles. The zero-order valence-corrected chi connectivity index (χ0v) is 9.25. The molecule has 78 valence electrons. The molecule has 0 radical (unpaired) electrons. The van der Waals surface area contributed by atoms with Crippen molar-refractivity contribution in [2.75, 3.05) is 6.54 Å². The Kier molecular flexibility index (Phi) is 4.53. The van der Waals surface area contributed by atoms with Crippen LogP contribution in [0.15, 0.2) is 12.4 Å². The Morgan fingerprint density at radius 1 is 1.36 bits per heavy atom. The van der Waals surface area contributed by atoms with Gasteiger partial charge in [0.1, 0.15) is 6.33 Å². The monoisotopic (exact) mass is 193 g/mol. The first kappa shape index (κ1) is 11.1. The van der Waals surface area contributed by atoms with Crippen molar-refractivity contribution >= 4 is 0 Å². The number of aryl methyl sites for hydroxylation is 1. The van der Waals surface area contributed by atoms with E-state index in [2.05, 4.69) is 35.2 Å². The summed E-state index contributed by atoms with van der Waals surface area (Å²) in [5.74, 6) is 0. The zero-order valence-electron chi connectivity index (χ0n) is 9.25. The van der Waals surface area contributed by atoms with Crippen LogP contribution in [0.1, 0.15) is 31.7 Å². The van der Waals surface area contributed by atoms with Crippen molar-refractivity contribution < 1.29 is 0 Å². The highest BCUT2D eigenvalue weighted by Crippen LogP contribution is 2.03. The molecule has 0 spiro atoms. The summed E-state index contributed by atoms with van der Waals surface area (Å²) in [6.07, 6.45) is 3.77. The van der Waals surface area contributed by atoms with Crippen LogP contribution in [0.25, 0.3) is 0 Å². The summed E-state index contributed by atoms with van der Waals surface area (Å²) >= 11 is 0.